The molecule has 0 aliphatic carbocycles. The Labute approximate surface area is 187 Å². The molecule has 0 saturated heterocycles. The van der Waals surface area contributed by atoms with Crippen molar-refractivity contribution in [1.29, 1.82) is 0 Å². The van der Waals surface area contributed by atoms with E-state index in [1.165, 1.54) is 39.3 Å². The van der Waals surface area contributed by atoms with Gasteiger partial charge in [-0.15, -0.1) is 0 Å². The van der Waals surface area contributed by atoms with E-state index in [0.29, 0.717) is 0 Å². The highest BCUT2D eigenvalue weighted by molar-refractivity contribution is 7.74. The minimum absolute atomic E-state index is 0.0789. The van der Waals surface area contributed by atoms with E-state index >= 15 is 0 Å². The fraction of sp³-hybridized carbons (Fsp3) is 0.207. The first-order valence-corrected chi connectivity index (χ1v) is 12.5. The van der Waals surface area contributed by atoms with Crippen molar-refractivity contribution in [3.63, 3.8) is 0 Å². The molecule has 5 rings (SSSR count). The molecule has 0 saturated carbocycles. The second-order valence-electron chi connectivity index (χ2n) is 8.75. The molecule has 0 N–H and O–H groups in total. The Kier molecular flexibility index (Phi) is 5.24. The van der Waals surface area contributed by atoms with E-state index in [2.05, 4.69) is 118 Å². The van der Waals surface area contributed by atoms with Gasteiger partial charge in [0.1, 0.15) is 0 Å². The van der Waals surface area contributed by atoms with Gasteiger partial charge in [-0.3, -0.25) is 4.99 Å². The van der Waals surface area contributed by atoms with Crippen LogP contribution in [0.4, 0.5) is 0 Å². The Bertz CT molecular complexity index is 1180. The summed E-state index contributed by atoms with van der Waals surface area (Å²) in [7, 11) is -0.412. The Balaban J connectivity index is 1.62. The molecule has 3 aromatic carbocycles. The maximum absolute atomic E-state index is 5.07. The molecule has 2 heteroatoms. The van der Waals surface area contributed by atoms with Crippen LogP contribution in [0.2, 0.25) is 0 Å². The van der Waals surface area contributed by atoms with Crippen LogP contribution in [0, 0.1) is 5.41 Å². The number of allylic oxidation sites excluding steroid dienone is 3. The maximum Gasteiger partial charge on any atom is 0.0721 e. The van der Waals surface area contributed by atoms with Gasteiger partial charge in [-0.2, -0.15) is 0 Å². The van der Waals surface area contributed by atoms with Gasteiger partial charge in [0.05, 0.1) is 6.04 Å². The number of benzene rings is 3. The molecule has 0 amide bonds. The molecule has 0 fully saturated rings. The predicted octanol–water partition coefficient (Wildman–Crippen LogP) is 8.18. The van der Waals surface area contributed by atoms with Crippen molar-refractivity contribution in [3.8, 4) is 0 Å². The molecular weight excluding hydrogens is 393 g/mol. The van der Waals surface area contributed by atoms with E-state index in [0.717, 1.165) is 0 Å². The van der Waals surface area contributed by atoms with Gasteiger partial charge in [0, 0.05) is 16.9 Å². The molecule has 0 radical (unpaired) electrons. The standard InChI is InChI=1S/C29H28NP/c1-21-28(25-17-11-6-12-18-25)31-20-29(21,3)27(24-15-9-5-10-16-24)26(31)19-30-22(2)23-13-7-4-8-14-23/h4-19,22H,20H2,1-3H3/t22-,29?,31?/m1/s1. The minimum atomic E-state index is -0.412. The van der Waals surface area contributed by atoms with Gasteiger partial charge in [-0.1, -0.05) is 103 Å². The first-order chi connectivity index (χ1) is 15.1. The van der Waals surface area contributed by atoms with E-state index < -0.39 is 7.92 Å². The van der Waals surface area contributed by atoms with Crippen molar-refractivity contribution < 1.29 is 0 Å². The van der Waals surface area contributed by atoms with Gasteiger partial charge in [0.15, 0.2) is 0 Å². The molecule has 1 nitrogen and oxygen atoms in total. The zero-order chi connectivity index (χ0) is 21.4. The summed E-state index contributed by atoms with van der Waals surface area (Å²) < 4.78 is 0. The van der Waals surface area contributed by atoms with Crippen molar-refractivity contribution in [1.82, 2.24) is 0 Å². The Morgan fingerprint density at radius 1 is 0.839 bits per heavy atom. The van der Waals surface area contributed by atoms with Crippen LogP contribution in [-0.4, -0.2) is 12.4 Å². The molecule has 2 heterocycles. The van der Waals surface area contributed by atoms with Crippen molar-refractivity contribution >= 4 is 25.0 Å². The summed E-state index contributed by atoms with van der Waals surface area (Å²) >= 11 is 0. The molecular formula is C29H28NP. The largest absolute Gasteiger partial charge is 0.285 e. The molecule has 0 aromatic heterocycles. The third-order valence-electron chi connectivity index (χ3n) is 6.84. The third-order valence-corrected chi connectivity index (χ3v) is 9.84. The molecule has 3 aromatic rings. The van der Waals surface area contributed by atoms with Crippen molar-refractivity contribution in [2.75, 3.05) is 6.16 Å². The second kappa shape index (κ2) is 8.06. The lowest BCUT2D eigenvalue weighted by atomic mass is 9.74. The number of hydrogen-bond acceptors (Lipinski definition) is 1. The fourth-order valence-electron chi connectivity index (χ4n) is 5.04. The Morgan fingerprint density at radius 3 is 2.00 bits per heavy atom. The maximum atomic E-state index is 5.07. The fourth-order valence-corrected chi connectivity index (χ4v) is 8.60. The summed E-state index contributed by atoms with van der Waals surface area (Å²) in [5.74, 6) is 0. The van der Waals surface area contributed by atoms with Gasteiger partial charge in [0.2, 0.25) is 0 Å². The molecule has 0 spiro atoms. The first-order valence-electron chi connectivity index (χ1n) is 11.0. The summed E-state index contributed by atoms with van der Waals surface area (Å²) in [6, 6.07) is 32.7. The van der Waals surface area contributed by atoms with Crippen molar-refractivity contribution in [2.45, 2.75) is 26.8 Å². The van der Waals surface area contributed by atoms with E-state index in [1.54, 1.807) is 5.31 Å². The Hall–Kier alpha value is -2.76. The number of rotatable bonds is 5. The number of hydrogen-bond donors (Lipinski definition) is 0. The second-order valence-corrected chi connectivity index (χ2v) is 10.9. The van der Waals surface area contributed by atoms with Gasteiger partial charge in [0.25, 0.3) is 0 Å². The lowest BCUT2D eigenvalue weighted by Crippen LogP contribution is -2.19. The van der Waals surface area contributed by atoms with Crippen LogP contribution in [-0.2, 0) is 0 Å². The summed E-state index contributed by atoms with van der Waals surface area (Å²) in [6.45, 7) is 6.99. The van der Waals surface area contributed by atoms with Crippen LogP contribution in [0.5, 0.6) is 0 Å². The number of nitrogens with zero attached hydrogens (tertiary/aromatic N) is 1. The SMILES string of the molecule is CC1=C(c2ccccc2)P2CC1(C)C(c1ccccc1)=C2C=N[C@H](C)c1ccccc1. The van der Waals surface area contributed by atoms with Gasteiger partial charge >= 0.3 is 0 Å². The van der Waals surface area contributed by atoms with Crippen molar-refractivity contribution in [3.05, 3.63) is 119 Å². The first kappa shape index (κ1) is 20.2. The molecule has 2 unspecified atom stereocenters. The zero-order valence-corrected chi connectivity index (χ0v) is 19.3. The predicted molar refractivity (Wildman–Crippen MR) is 136 cm³/mol. The van der Waals surface area contributed by atoms with Crippen LogP contribution >= 0.6 is 7.92 Å². The highest BCUT2D eigenvalue weighted by atomic mass is 31.1. The van der Waals surface area contributed by atoms with Gasteiger partial charge in [-0.05, 0) is 55.5 Å². The van der Waals surface area contributed by atoms with E-state index in [1.807, 2.05) is 0 Å². The van der Waals surface area contributed by atoms with Crippen LogP contribution in [0.1, 0.15) is 43.5 Å². The quantitative estimate of drug-likeness (QED) is 0.291. The topological polar surface area (TPSA) is 12.4 Å². The van der Waals surface area contributed by atoms with Crippen molar-refractivity contribution in [2.24, 2.45) is 10.4 Å². The highest BCUT2D eigenvalue weighted by Gasteiger charge is 2.51. The monoisotopic (exact) mass is 421 g/mol. The van der Waals surface area contributed by atoms with Crippen LogP contribution in [0.3, 0.4) is 0 Å². The van der Waals surface area contributed by atoms with E-state index in [4.69, 9.17) is 4.99 Å². The zero-order valence-electron chi connectivity index (χ0n) is 18.4. The summed E-state index contributed by atoms with van der Waals surface area (Å²) in [5, 5.41) is 3.02. The normalized spacial score (nSPS) is 23.8. The van der Waals surface area contributed by atoms with Crippen LogP contribution < -0.4 is 0 Å². The average Bonchev–Trinajstić information content (AvgIpc) is 3.26. The summed E-state index contributed by atoms with van der Waals surface area (Å²) in [4.78, 5) is 5.07. The molecule has 3 atom stereocenters. The lowest BCUT2D eigenvalue weighted by Gasteiger charge is -2.30. The third kappa shape index (κ3) is 3.42. The van der Waals surface area contributed by atoms with Gasteiger partial charge < -0.3 is 0 Å². The number of aliphatic imine (C=N–C) groups is 1. The number of fused-ring (bicyclic) bond motifs is 2. The Morgan fingerprint density at radius 2 is 1.39 bits per heavy atom. The van der Waals surface area contributed by atoms with E-state index in [9.17, 15) is 0 Å². The average molecular weight is 422 g/mol. The van der Waals surface area contributed by atoms with Crippen LogP contribution in [0.15, 0.2) is 107 Å². The minimum Gasteiger partial charge on any atom is -0.285 e. The highest BCUT2D eigenvalue weighted by Crippen LogP contribution is 2.77. The molecule has 2 aliphatic rings. The smallest absolute Gasteiger partial charge is 0.0721 e. The van der Waals surface area contributed by atoms with Gasteiger partial charge in [-0.25, -0.2) is 0 Å². The lowest BCUT2D eigenvalue weighted by molar-refractivity contribution is 0.631. The summed E-state index contributed by atoms with van der Waals surface area (Å²) in [5.41, 5.74) is 7.09. The molecule has 154 valence electrons. The molecule has 2 aliphatic heterocycles. The van der Waals surface area contributed by atoms with Crippen LogP contribution in [0.25, 0.3) is 10.9 Å². The summed E-state index contributed by atoms with van der Waals surface area (Å²) in [6.07, 6.45) is 3.41. The van der Waals surface area contributed by atoms with E-state index in [-0.39, 0.29) is 11.5 Å². The molecule has 31 heavy (non-hydrogen) atoms. The molecule has 2 bridgehead atoms.